The molecule has 0 radical (unpaired) electrons. The van der Waals surface area contributed by atoms with Gasteiger partial charge in [0.2, 0.25) is 0 Å². The van der Waals surface area contributed by atoms with E-state index in [2.05, 4.69) is 11.6 Å². The first kappa shape index (κ1) is 14.9. The number of aromatic nitrogens is 1. The van der Waals surface area contributed by atoms with E-state index in [0.717, 1.165) is 5.69 Å². The van der Waals surface area contributed by atoms with Gasteiger partial charge < -0.3 is 9.64 Å². The lowest BCUT2D eigenvalue weighted by Crippen LogP contribution is -2.36. The van der Waals surface area contributed by atoms with Crippen LogP contribution in [0, 0.1) is 6.92 Å². The van der Waals surface area contributed by atoms with Crippen LogP contribution in [0.4, 0.5) is 0 Å². The topological polar surface area (TPSA) is 59.5 Å². The van der Waals surface area contributed by atoms with E-state index >= 15 is 0 Å². The van der Waals surface area contributed by atoms with Crippen LogP contribution < -0.4 is 0 Å². The molecule has 1 aromatic heterocycles. The monoisotopic (exact) mass is 262 g/mol. The van der Waals surface area contributed by atoms with Crippen molar-refractivity contribution in [2.75, 3.05) is 19.7 Å². The number of ether oxygens (including phenoxy) is 1. The molecule has 0 saturated heterocycles. The Morgan fingerprint density at radius 2 is 2.26 bits per heavy atom. The van der Waals surface area contributed by atoms with E-state index in [4.69, 9.17) is 4.74 Å². The second kappa shape index (κ2) is 7.31. The van der Waals surface area contributed by atoms with E-state index in [1.807, 2.05) is 0 Å². The Labute approximate surface area is 112 Å². The average Bonchev–Trinajstić information content (AvgIpc) is 2.37. The molecule has 0 N–H and O–H groups in total. The third-order valence-corrected chi connectivity index (χ3v) is 2.41. The fourth-order valence-electron chi connectivity index (χ4n) is 1.60. The van der Waals surface area contributed by atoms with E-state index in [-0.39, 0.29) is 12.5 Å². The lowest BCUT2D eigenvalue weighted by molar-refractivity contribution is -0.143. The first-order valence-corrected chi connectivity index (χ1v) is 6.07. The number of amides is 1. The van der Waals surface area contributed by atoms with E-state index in [9.17, 15) is 9.59 Å². The number of rotatable bonds is 6. The van der Waals surface area contributed by atoms with Gasteiger partial charge in [0.05, 0.1) is 6.61 Å². The van der Waals surface area contributed by atoms with Crippen molar-refractivity contribution in [1.29, 1.82) is 0 Å². The summed E-state index contributed by atoms with van der Waals surface area (Å²) in [6.07, 6.45) is 3.14. The second-order valence-electron chi connectivity index (χ2n) is 3.97. The fraction of sp³-hybridized carbons (Fsp3) is 0.357. The molecule has 0 aliphatic carbocycles. The van der Waals surface area contributed by atoms with Gasteiger partial charge >= 0.3 is 5.97 Å². The summed E-state index contributed by atoms with van der Waals surface area (Å²) in [5.41, 5.74) is 1.25. The lowest BCUT2D eigenvalue weighted by atomic mass is 10.2. The highest BCUT2D eigenvalue weighted by atomic mass is 16.5. The van der Waals surface area contributed by atoms with Crippen molar-refractivity contribution in [2.24, 2.45) is 0 Å². The first-order chi connectivity index (χ1) is 9.08. The molecule has 0 unspecified atom stereocenters. The molecular formula is C14H18N2O3. The van der Waals surface area contributed by atoms with Crippen molar-refractivity contribution in [2.45, 2.75) is 13.8 Å². The van der Waals surface area contributed by atoms with Gasteiger partial charge in [0, 0.05) is 24.0 Å². The van der Waals surface area contributed by atoms with Crippen LogP contribution in [0.3, 0.4) is 0 Å². The van der Waals surface area contributed by atoms with Crippen molar-refractivity contribution in [3.63, 3.8) is 0 Å². The van der Waals surface area contributed by atoms with Crippen molar-refractivity contribution >= 4 is 11.9 Å². The minimum atomic E-state index is -0.427. The van der Waals surface area contributed by atoms with Gasteiger partial charge in [0.15, 0.2) is 0 Å². The molecule has 0 aliphatic heterocycles. The molecule has 1 rings (SSSR count). The largest absolute Gasteiger partial charge is 0.465 e. The van der Waals surface area contributed by atoms with E-state index in [1.54, 1.807) is 38.3 Å². The molecule has 0 saturated carbocycles. The van der Waals surface area contributed by atoms with Crippen LogP contribution in [0.2, 0.25) is 0 Å². The first-order valence-electron chi connectivity index (χ1n) is 6.07. The maximum Gasteiger partial charge on any atom is 0.325 e. The van der Waals surface area contributed by atoms with Crippen molar-refractivity contribution < 1.29 is 14.3 Å². The minimum Gasteiger partial charge on any atom is -0.465 e. The highest BCUT2D eigenvalue weighted by Gasteiger charge is 2.18. The molecule has 1 heterocycles. The molecule has 102 valence electrons. The standard InChI is InChI=1S/C14H18N2O3/c1-4-8-16(10-13(17)19-5-2)14(18)12-6-7-15-11(3)9-12/h4,6-7,9H,1,5,8,10H2,2-3H3. The average molecular weight is 262 g/mol. The van der Waals surface area contributed by atoms with Crippen LogP contribution in [0.15, 0.2) is 31.0 Å². The molecule has 0 aliphatic rings. The maximum atomic E-state index is 12.3. The molecule has 5 nitrogen and oxygen atoms in total. The molecule has 0 aromatic carbocycles. The number of carbonyl (C=O) groups excluding carboxylic acids is 2. The van der Waals surface area contributed by atoms with Crippen molar-refractivity contribution in [3.05, 3.63) is 42.2 Å². The molecule has 0 spiro atoms. The highest BCUT2D eigenvalue weighted by Crippen LogP contribution is 2.06. The minimum absolute atomic E-state index is 0.0833. The molecular weight excluding hydrogens is 244 g/mol. The Balaban J connectivity index is 2.83. The molecule has 0 bridgehead atoms. The summed E-state index contributed by atoms with van der Waals surface area (Å²) in [7, 11) is 0. The molecule has 0 fully saturated rings. The molecule has 1 amide bonds. The number of hydrogen-bond donors (Lipinski definition) is 0. The summed E-state index contributed by atoms with van der Waals surface area (Å²) in [5.74, 6) is -0.665. The maximum absolute atomic E-state index is 12.3. The van der Waals surface area contributed by atoms with Gasteiger partial charge in [-0.25, -0.2) is 0 Å². The normalized spacial score (nSPS) is 9.79. The van der Waals surface area contributed by atoms with Crippen LogP contribution in [0.1, 0.15) is 23.0 Å². The molecule has 5 heteroatoms. The molecule has 19 heavy (non-hydrogen) atoms. The van der Waals surface area contributed by atoms with E-state index in [0.29, 0.717) is 18.7 Å². The SMILES string of the molecule is C=CCN(CC(=O)OCC)C(=O)c1ccnc(C)c1. The van der Waals surface area contributed by atoms with Crippen molar-refractivity contribution in [1.82, 2.24) is 9.88 Å². The van der Waals surface area contributed by atoms with Gasteiger partial charge in [0.1, 0.15) is 6.54 Å². The summed E-state index contributed by atoms with van der Waals surface area (Å²) >= 11 is 0. The number of carbonyl (C=O) groups is 2. The molecule has 0 atom stereocenters. The summed E-state index contributed by atoms with van der Waals surface area (Å²) in [6.45, 7) is 7.62. The van der Waals surface area contributed by atoms with Gasteiger partial charge in [-0.3, -0.25) is 14.6 Å². The second-order valence-corrected chi connectivity index (χ2v) is 3.97. The number of nitrogens with zero attached hydrogens (tertiary/aromatic N) is 2. The Morgan fingerprint density at radius 3 is 2.84 bits per heavy atom. The van der Waals surface area contributed by atoms with Gasteiger partial charge in [-0.05, 0) is 26.0 Å². The Bertz CT molecular complexity index is 472. The number of hydrogen-bond acceptors (Lipinski definition) is 4. The summed E-state index contributed by atoms with van der Waals surface area (Å²) in [6, 6.07) is 3.31. The predicted molar refractivity (Wildman–Crippen MR) is 71.7 cm³/mol. The third kappa shape index (κ3) is 4.54. The fourth-order valence-corrected chi connectivity index (χ4v) is 1.60. The van der Waals surface area contributed by atoms with Crippen LogP contribution in [0.25, 0.3) is 0 Å². The quantitative estimate of drug-likeness (QED) is 0.577. The Morgan fingerprint density at radius 1 is 1.53 bits per heavy atom. The van der Waals surface area contributed by atoms with Crippen LogP contribution in [-0.2, 0) is 9.53 Å². The van der Waals surface area contributed by atoms with Gasteiger partial charge in [0.25, 0.3) is 5.91 Å². The number of pyridine rings is 1. The van der Waals surface area contributed by atoms with Crippen molar-refractivity contribution in [3.8, 4) is 0 Å². The lowest BCUT2D eigenvalue weighted by Gasteiger charge is -2.20. The highest BCUT2D eigenvalue weighted by molar-refractivity contribution is 5.96. The smallest absolute Gasteiger partial charge is 0.325 e. The summed E-state index contributed by atoms with van der Waals surface area (Å²) < 4.78 is 4.85. The van der Waals surface area contributed by atoms with E-state index in [1.165, 1.54) is 4.90 Å². The molecule has 1 aromatic rings. The Kier molecular flexibility index (Phi) is 5.73. The summed E-state index contributed by atoms with van der Waals surface area (Å²) in [4.78, 5) is 29.2. The zero-order valence-electron chi connectivity index (χ0n) is 11.3. The van der Waals surface area contributed by atoms with Gasteiger partial charge in [-0.15, -0.1) is 6.58 Å². The van der Waals surface area contributed by atoms with Crippen LogP contribution in [0.5, 0.6) is 0 Å². The zero-order valence-corrected chi connectivity index (χ0v) is 11.3. The third-order valence-electron chi connectivity index (χ3n) is 2.41. The summed E-state index contributed by atoms with van der Waals surface area (Å²) in [5, 5.41) is 0. The zero-order chi connectivity index (χ0) is 14.3. The van der Waals surface area contributed by atoms with Gasteiger partial charge in [-0.1, -0.05) is 6.08 Å². The predicted octanol–water partition coefficient (Wildman–Crippen LogP) is 1.58. The van der Waals surface area contributed by atoms with E-state index < -0.39 is 5.97 Å². The van der Waals surface area contributed by atoms with Crippen LogP contribution in [-0.4, -0.2) is 41.5 Å². The number of aryl methyl sites for hydroxylation is 1. The Hall–Kier alpha value is -2.17. The van der Waals surface area contributed by atoms with Gasteiger partial charge in [-0.2, -0.15) is 0 Å². The van der Waals surface area contributed by atoms with Crippen LogP contribution >= 0.6 is 0 Å². The number of esters is 1.